The Kier molecular flexibility index (Phi) is 7.94. The molecule has 152 valence electrons. The van der Waals surface area contributed by atoms with Crippen LogP contribution in [0.1, 0.15) is 67.4 Å². The number of thiazole rings is 1. The van der Waals surface area contributed by atoms with E-state index in [9.17, 15) is 0 Å². The predicted molar refractivity (Wildman–Crippen MR) is 116 cm³/mol. The molecule has 1 saturated heterocycles. The zero-order valence-corrected chi connectivity index (χ0v) is 18.2. The van der Waals surface area contributed by atoms with Crippen molar-refractivity contribution in [1.82, 2.24) is 20.5 Å². The lowest BCUT2D eigenvalue weighted by molar-refractivity contribution is 0.119. The van der Waals surface area contributed by atoms with E-state index >= 15 is 0 Å². The van der Waals surface area contributed by atoms with Gasteiger partial charge in [0.05, 0.1) is 10.7 Å². The lowest BCUT2D eigenvalue weighted by Gasteiger charge is -2.39. The number of rotatable bonds is 6. The predicted octanol–water partition coefficient (Wildman–Crippen LogP) is 3.65. The van der Waals surface area contributed by atoms with Crippen molar-refractivity contribution >= 4 is 17.3 Å². The summed E-state index contributed by atoms with van der Waals surface area (Å²) in [7, 11) is 0. The molecule has 1 aromatic heterocycles. The molecule has 3 rings (SSSR count). The average molecular weight is 392 g/mol. The van der Waals surface area contributed by atoms with Crippen LogP contribution in [0, 0.1) is 13.8 Å². The number of aryl methyl sites for hydroxylation is 2. The first-order chi connectivity index (χ1) is 13.2. The minimum absolute atomic E-state index is 0.551. The summed E-state index contributed by atoms with van der Waals surface area (Å²) >= 11 is 1.80. The fourth-order valence-corrected chi connectivity index (χ4v) is 5.37. The van der Waals surface area contributed by atoms with Crippen LogP contribution in [-0.4, -0.2) is 54.1 Å². The van der Waals surface area contributed by atoms with Crippen molar-refractivity contribution < 1.29 is 0 Å². The van der Waals surface area contributed by atoms with Crippen molar-refractivity contribution in [3.63, 3.8) is 0 Å². The van der Waals surface area contributed by atoms with Crippen LogP contribution in [0.2, 0.25) is 0 Å². The third-order valence-corrected chi connectivity index (χ3v) is 7.05. The number of likely N-dealkylation sites (tertiary alicyclic amines) is 1. The molecule has 1 aliphatic carbocycles. The first-order valence-electron chi connectivity index (χ1n) is 10.9. The van der Waals surface area contributed by atoms with Crippen LogP contribution >= 0.6 is 11.3 Å². The molecule has 0 bridgehead atoms. The maximum atomic E-state index is 4.82. The highest BCUT2D eigenvalue weighted by molar-refractivity contribution is 7.11. The first-order valence-corrected chi connectivity index (χ1v) is 11.7. The molecule has 5 nitrogen and oxygen atoms in total. The van der Waals surface area contributed by atoms with E-state index < -0.39 is 0 Å². The number of hydrogen-bond acceptors (Lipinski definition) is 4. The van der Waals surface area contributed by atoms with Crippen molar-refractivity contribution in [2.24, 2.45) is 4.99 Å². The molecule has 2 aliphatic rings. The molecule has 1 aromatic rings. The Bertz CT molecular complexity index is 598. The molecule has 2 heterocycles. The third kappa shape index (κ3) is 6.18. The van der Waals surface area contributed by atoms with E-state index in [1.54, 1.807) is 11.3 Å². The van der Waals surface area contributed by atoms with Gasteiger partial charge in [0.25, 0.3) is 0 Å². The fraction of sp³-hybridized carbons (Fsp3) is 0.810. The zero-order chi connectivity index (χ0) is 19.1. The number of hydrogen-bond donors (Lipinski definition) is 2. The largest absolute Gasteiger partial charge is 0.357 e. The minimum atomic E-state index is 0.551. The van der Waals surface area contributed by atoms with Crippen molar-refractivity contribution in [2.45, 2.75) is 84.2 Å². The molecule has 2 fully saturated rings. The van der Waals surface area contributed by atoms with Crippen molar-refractivity contribution in [3.8, 4) is 0 Å². The second-order valence-electron chi connectivity index (χ2n) is 8.00. The van der Waals surface area contributed by atoms with Gasteiger partial charge in [-0.25, -0.2) is 4.98 Å². The summed E-state index contributed by atoms with van der Waals surface area (Å²) < 4.78 is 0. The van der Waals surface area contributed by atoms with E-state index in [2.05, 4.69) is 41.3 Å². The van der Waals surface area contributed by atoms with Crippen LogP contribution in [0.5, 0.6) is 0 Å². The molecule has 0 atom stereocenters. The second kappa shape index (κ2) is 10.4. The van der Waals surface area contributed by atoms with E-state index in [1.165, 1.54) is 68.6 Å². The second-order valence-corrected chi connectivity index (χ2v) is 9.29. The molecule has 0 aromatic carbocycles. The van der Waals surface area contributed by atoms with Gasteiger partial charge >= 0.3 is 0 Å². The average Bonchev–Trinajstić information content (AvgIpc) is 3.00. The summed E-state index contributed by atoms with van der Waals surface area (Å²) in [6, 6.07) is 1.41. The van der Waals surface area contributed by atoms with Crippen LogP contribution in [0.4, 0.5) is 0 Å². The van der Waals surface area contributed by atoms with E-state index in [-0.39, 0.29) is 0 Å². The van der Waals surface area contributed by atoms with Crippen LogP contribution in [-0.2, 0) is 6.42 Å². The summed E-state index contributed by atoms with van der Waals surface area (Å²) in [6.45, 7) is 10.5. The Balaban J connectivity index is 1.45. The minimum Gasteiger partial charge on any atom is -0.357 e. The number of guanidine groups is 1. The quantitative estimate of drug-likeness (QED) is 0.574. The summed E-state index contributed by atoms with van der Waals surface area (Å²) in [5, 5.41) is 8.26. The van der Waals surface area contributed by atoms with Gasteiger partial charge in [0.1, 0.15) is 0 Å². The van der Waals surface area contributed by atoms with E-state index in [1.807, 2.05) is 0 Å². The maximum Gasteiger partial charge on any atom is 0.191 e. The van der Waals surface area contributed by atoms with Crippen LogP contribution in [0.25, 0.3) is 0 Å². The fourth-order valence-electron chi connectivity index (χ4n) is 4.44. The molecule has 0 spiro atoms. The summed E-state index contributed by atoms with van der Waals surface area (Å²) in [5.74, 6) is 0.979. The van der Waals surface area contributed by atoms with Gasteiger partial charge in [-0.2, -0.15) is 0 Å². The van der Waals surface area contributed by atoms with Gasteiger partial charge < -0.3 is 15.5 Å². The van der Waals surface area contributed by atoms with Gasteiger partial charge in [0, 0.05) is 49.6 Å². The third-order valence-electron chi connectivity index (χ3n) is 5.91. The van der Waals surface area contributed by atoms with Gasteiger partial charge in [-0.15, -0.1) is 11.3 Å². The highest BCUT2D eigenvalue weighted by Crippen LogP contribution is 2.25. The van der Waals surface area contributed by atoms with Gasteiger partial charge in [0.15, 0.2) is 5.96 Å². The molecule has 2 N–H and O–H groups in total. The summed E-state index contributed by atoms with van der Waals surface area (Å²) in [4.78, 5) is 13.5. The Morgan fingerprint density at radius 1 is 1.15 bits per heavy atom. The van der Waals surface area contributed by atoms with Crippen molar-refractivity contribution in [2.75, 3.05) is 26.2 Å². The Labute approximate surface area is 169 Å². The zero-order valence-electron chi connectivity index (χ0n) is 17.4. The number of piperidine rings is 1. The normalized spacial score (nSPS) is 20.8. The number of aromatic nitrogens is 1. The van der Waals surface area contributed by atoms with Crippen LogP contribution in [0.3, 0.4) is 0 Å². The lowest BCUT2D eigenvalue weighted by Crippen LogP contribution is -2.51. The van der Waals surface area contributed by atoms with Gasteiger partial charge in [0.2, 0.25) is 0 Å². The SMILES string of the molecule is CCNC(=NCCc1sc(C)nc1C)NC1CCN(C2CCCCC2)CC1. The van der Waals surface area contributed by atoms with Crippen LogP contribution in [0.15, 0.2) is 4.99 Å². The monoisotopic (exact) mass is 391 g/mol. The van der Waals surface area contributed by atoms with Crippen molar-refractivity contribution in [1.29, 1.82) is 0 Å². The molecular formula is C21H37N5S. The summed E-state index contributed by atoms with van der Waals surface area (Å²) in [6.07, 6.45) is 10.6. The number of nitrogens with zero attached hydrogens (tertiary/aromatic N) is 3. The first kappa shape index (κ1) is 20.6. The lowest BCUT2D eigenvalue weighted by atomic mass is 9.92. The standard InChI is InChI=1S/C21H37N5S/c1-4-22-21(23-13-10-20-16(2)24-17(3)27-20)25-18-11-14-26(15-12-18)19-8-6-5-7-9-19/h18-19H,4-15H2,1-3H3,(H2,22,23,25). The van der Waals surface area contributed by atoms with E-state index in [0.717, 1.165) is 36.5 Å². The Morgan fingerprint density at radius 2 is 1.89 bits per heavy atom. The smallest absolute Gasteiger partial charge is 0.191 e. The highest BCUT2D eigenvalue weighted by atomic mass is 32.1. The molecule has 0 radical (unpaired) electrons. The van der Waals surface area contributed by atoms with Crippen LogP contribution < -0.4 is 10.6 Å². The molecule has 0 unspecified atom stereocenters. The van der Waals surface area contributed by atoms with Gasteiger partial charge in [-0.3, -0.25) is 4.99 Å². The number of nitrogens with one attached hydrogen (secondary N) is 2. The molecule has 27 heavy (non-hydrogen) atoms. The Hall–Kier alpha value is -1.14. The van der Waals surface area contributed by atoms with Gasteiger partial charge in [-0.05, 0) is 46.5 Å². The highest BCUT2D eigenvalue weighted by Gasteiger charge is 2.26. The molecule has 6 heteroatoms. The van der Waals surface area contributed by atoms with E-state index in [4.69, 9.17) is 4.99 Å². The number of aliphatic imine (C=N–C) groups is 1. The Morgan fingerprint density at radius 3 is 2.52 bits per heavy atom. The molecule has 1 aliphatic heterocycles. The molecular weight excluding hydrogens is 354 g/mol. The molecule has 0 amide bonds. The topological polar surface area (TPSA) is 52.6 Å². The van der Waals surface area contributed by atoms with E-state index in [0.29, 0.717) is 6.04 Å². The van der Waals surface area contributed by atoms with Gasteiger partial charge in [-0.1, -0.05) is 19.3 Å². The molecule has 1 saturated carbocycles. The summed E-state index contributed by atoms with van der Waals surface area (Å²) in [5.41, 5.74) is 1.17. The van der Waals surface area contributed by atoms with Crippen molar-refractivity contribution in [3.05, 3.63) is 15.6 Å². The maximum absolute atomic E-state index is 4.82.